The van der Waals surface area contributed by atoms with Crippen molar-refractivity contribution in [3.63, 3.8) is 0 Å². The van der Waals surface area contributed by atoms with E-state index in [9.17, 15) is 0 Å². The molecule has 0 saturated carbocycles. The third kappa shape index (κ3) is 2.80. The summed E-state index contributed by atoms with van der Waals surface area (Å²) in [5.74, 6) is 1.35. The lowest BCUT2D eigenvalue weighted by molar-refractivity contribution is 0.354. The molecule has 2 aromatic carbocycles. The van der Waals surface area contributed by atoms with Gasteiger partial charge in [0.1, 0.15) is 0 Å². The lowest BCUT2D eigenvalue weighted by Crippen LogP contribution is -2.12. The Morgan fingerprint density at radius 3 is 2.21 bits per heavy atom. The normalized spacial score (nSPS) is 11.9. The molecule has 1 atom stereocenters. The second-order valence-electron chi connectivity index (χ2n) is 4.26. The number of ether oxygens (including phenoxy) is 2. The van der Waals surface area contributed by atoms with Crippen LogP contribution in [0.1, 0.15) is 17.2 Å². The van der Waals surface area contributed by atoms with Crippen molar-refractivity contribution in [2.45, 2.75) is 6.04 Å². The molecule has 0 aliphatic heterocycles. The molecule has 0 bridgehead atoms. The number of hydrogen-bond acceptors (Lipinski definition) is 4. The largest absolute Gasteiger partial charge is 0.493 e. The molecular formula is C15H18N2O2. The fourth-order valence-corrected chi connectivity index (χ4v) is 1.99. The Kier molecular flexibility index (Phi) is 3.92. The highest BCUT2D eigenvalue weighted by Gasteiger charge is 2.12. The number of nitrogen functional groups attached to an aromatic ring is 1. The van der Waals surface area contributed by atoms with Gasteiger partial charge < -0.3 is 20.9 Å². The van der Waals surface area contributed by atoms with Crippen LogP contribution in [-0.2, 0) is 0 Å². The van der Waals surface area contributed by atoms with Crippen molar-refractivity contribution < 1.29 is 9.47 Å². The van der Waals surface area contributed by atoms with Gasteiger partial charge in [-0.3, -0.25) is 0 Å². The number of benzene rings is 2. The van der Waals surface area contributed by atoms with E-state index in [0.29, 0.717) is 17.2 Å². The highest BCUT2D eigenvalue weighted by Crippen LogP contribution is 2.31. The Morgan fingerprint density at radius 1 is 0.895 bits per heavy atom. The molecule has 19 heavy (non-hydrogen) atoms. The predicted molar refractivity (Wildman–Crippen MR) is 76.4 cm³/mol. The fraction of sp³-hybridized carbons (Fsp3) is 0.200. The highest BCUT2D eigenvalue weighted by atomic mass is 16.5. The Morgan fingerprint density at radius 2 is 1.58 bits per heavy atom. The van der Waals surface area contributed by atoms with Crippen molar-refractivity contribution in [1.29, 1.82) is 0 Å². The third-order valence-corrected chi connectivity index (χ3v) is 3.04. The average Bonchev–Trinajstić information content (AvgIpc) is 2.45. The van der Waals surface area contributed by atoms with Gasteiger partial charge in [-0.15, -0.1) is 0 Å². The van der Waals surface area contributed by atoms with E-state index in [-0.39, 0.29) is 6.04 Å². The van der Waals surface area contributed by atoms with Crippen LogP contribution in [0.15, 0.2) is 42.5 Å². The molecule has 1 unspecified atom stereocenters. The molecule has 0 spiro atoms. The van der Waals surface area contributed by atoms with Gasteiger partial charge in [0.05, 0.1) is 20.3 Å². The summed E-state index contributed by atoms with van der Waals surface area (Å²) in [6.45, 7) is 0. The van der Waals surface area contributed by atoms with Gasteiger partial charge in [-0.2, -0.15) is 0 Å². The number of nitrogens with two attached hydrogens (primary N) is 2. The van der Waals surface area contributed by atoms with E-state index in [0.717, 1.165) is 11.1 Å². The van der Waals surface area contributed by atoms with E-state index < -0.39 is 0 Å². The van der Waals surface area contributed by atoms with Crippen LogP contribution in [0, 0.1) is 0 Å². The van der Waals surface area contributed by atoms with Gasteiger partial charge in [-0.05, 0) is 35.4 Å². The first kappa shape index (κ1) is 13.2. The number of hydrogen-bond donors (Lipinski definition) is 2. The van der Waals surface area contributed by atoms with Gasteiger partial charge in [-0.1, -0.05) is 18.2 Å². The lowest BCUT2D eigenvalue weighted by atomic mass is 9.99. The highest BCUT2D eigenvalue weighted by molar-refractivity contribution is 5.48. The molecule has 0 aromatic heterocycles. The standard InChI is InChI=1S/C15H18N2O2/c1-18-13-7-6-11(9-14(13)19-2)15(17)10-4-3-5-12(16)8-10/h3-9,15H,16-17H2,1-2H3. The Bertz CT molecular complexity index is 570. The molecule has 2 aromatic rings. The Hall–Kier alpha value is -2.20. The molecule has 0 amide bonds. The summed E-state index contributed by atoms with van der Waals surface area (Å²) >= 11 is 0. The predicted octanol–water partition coefficient (Wildman–Crippen LogP) is 2.33. The van der Waals surface area contributed by atoms with E-state index in [1.807, 2.05) is 42.5 Å². The van der Waals surface area contributed by atoms with Crippen LogP contribution in [0.25, 0.3) is 0 Å². The summed E-state index contributed by atoms with van der Waals surface area (Å²) in [6.07, 6.45) is 0. The molecule has 0 aliphatic carbocycles. The van der Waals surface area contributed by atoms with Gasteiger partial charge in [0.25, 0.3) is 0 Å². The summed E-state index contributed by atoms with van der Waals surface area (Å²) in [6, 6.07) is 13.0. The van der Waals surface area contributed by atoms with Gasteiger partial charge in [0, 0.05) is 5.69 Å². The summed E-state index contributed by atoms with van der Waals surface area (Å²) in [5, 5.41) is 0. The van der Waals surface area contributed by atoms with Crippen LogP contribution in [0.4, 0.5) is 5.69 Å². The molecule has 100 valence electrons. The number of anilines is 1. The maximum absolute atomic E-state index is 6.25. The maximum atomic E-state index is 6.25. The summed E-state index contributed by atoms with van der Waals surface area (Å²) in [7, 11) is 3.21. The lowest BCUT2D eigenvalue weighted by Gasteiger charge is -2.15. The third-order valence-electron chi connectivity index (χ3n) is 3.04. The van der Waals surface area contributed by atoms with Crippen molar-refractivity contribution in [3.05, 3.63) is 53.6 Å². The minimum Gasteiger partial charge on any atom is -0.493 e. The first-order valence-corrected chi connectivity index (χ1v) is 5.98. The zero-order valence-corrected chi connectivity index (χ0v) is 11.1. The minimum absolute atomic E-state index is 0.247. The van der Waals surface area contributed by atoms with Crippen LogP contribution < -0.4 is 20.9 Å². The van der Waals surface area contributed by atoms with Crippen molar-refractivity contribution in [2.75, 3.05) is 20.0 Å². The van der Waals surface area contributed by atoms with Crippen LogP contribution in [0.5, 0.6) is 11.5 Å². The van der Waals surface area contributed by atoms with Crippen molar-refractivity contribution in [2.24, 2.45) is 5.73 Å². The topological polar surface area (TPSA) is 70.5 Å². The number of methoxy groups -OCH3 is 2. The molecule has 0 fully saturated rings. The van der Waals surface area contributed by atoms with Crippen LogP contribution in [0.3, 0.4) is 0 Å². The molecular weight excluding hydrogens is 240 g/mol. The molecule has 0 heterocycles. The monoisotopic (exact) mass is 258 g/mol. The van der Waals surface area contributed by atoms with Gasteiger partial charge >= 0.3 is 0 Å². The first-order chi connectivity index (χ1) is 9.15. The van der Waals surface area contributed by atoms with Gasteiger partial charge in [0.2, 0.25) is 0 Å². The van der Waals surface area contributed by atoms with Crippen molar-refractivity contribution in [1.82, 2.24) is 0 Å². The Balaban J connectivity index is 2.36. The summed E-state index contributed by atoms with van der Waals surface area (Å²) in [4.78, 5) is 0. The smallest absolute Gasteiger partial charge is 0.161 e. The molecule has 4 nitrogen and oxygen atoms in total. The molecule has 4 heteroatoms. The van der Waals surface area contributed by atoms with Crippen LogP contribution in [-0.4, -0.2) is 14.2 Å². The number of rotatable bonds is 4. The van der Waals surface area contributed by atoms with Gasteiger partial charge in [-0.25, -0.2) is 0 Å². The van der Waals surface area contributed by atoms with Crippen LogP contribution >= 0.6 is 0 Å². The molecule has 2 rings (SSSR count). The minimum atomic E-state index is -0.247. The summed E-state index contributed by atoms with van der Waals surface area (Å²) in [5.41, 5.74) is 14.6. The van der Waals surface area contributed by atoms with E-state index >= 15 is 0 Å². The first-order valence-electron chi connectivity index (χ1n) is 5.98. The molecule has 0 saturated heterocycles. The van der Waals surface area contributed by atoms with Crippen molar-refractivity contribution >= 4 is 5.69 Å². The van der Waals surface area contributed by atoms with E-state index in [1.54, 1.807) is 14.2 Å². The fourth-order valence-electron chi connectivity index (χ4n) is 1.99. The van der Waals surface area contributed by atoms with Crippen molar-refractivity contribution in [3.8, 4) is 11.5 Å². The van der Waals surface area contributed by atoms with Gasteiger partial charge in [0.15, 0.2) is 11.5 Å². The SMILES string of the molecule is COc1ccc(C(N)c2cccc(N)c2)cc1OC. The second kappa shape index (κ2) is 5.63. The zero-order chi connectivity index (χ0) is 13.8. The average molecular weight is 258 g/mol. The van der Waals surface area contributed by atoms with Crippen LogP contribution in [0.2, 0.25) is 0 Å². The van der Waals surface area contributed by atoms with E-state index in [4.69, 9.17) is 20.9 Å². The second-order valence-corrected chi connectivity index (χ2v) is 4.26. The summed E-state index contributed by atoms with van der Waals surface area (Å²) < 4.78 is 10.5. The van der Waals surface area contributed by atoms with E-state index in [2.05, 4.69) is 0 Å². The molecule has 0 aliphatic rings. The van der Waals surface area contributed by atoms with E-state index in [1.165, 1.54) is 0 Å². The molecule has 4 N–H and O–H groups in total. The zero-order valence-electron chi connectivity index (χ0n) is 11.1. The maximum Gasteiger partial charge on any atom is 0.161 e. The quantitative estimate of drug-likeness (QED) is 0.826. The Labute approximate surface area is 112 Å². The molecule has 0 radical (unpaired) electrons.